The van der Waals surface area contributed by atoms with Gasteiger partial charge >= 0.3 is 6.18 Å². The zero-order valence-electron chi connectivity index (χ0n) is 14.9. The Balaban J connectivity index is 2.11. The Morgan fingerprint density at radius 1 is 1.22 bits per heavy atom. The zero-order valence-corrected chi connectivity index (χ0v) is 14.9. The largest absolute Gasteiger partial charge is 0.416 e. The summed E-state index contributed by atoms with van der Waals surface area (Å²) in [5.41, 5.74) is 0.449. The molecule has 0 bridgehead atoms. The number of hydrogen-bond donors (Lipinski definition) is 0. The van der Waals surface area contributed by atoms with Crippen molar-refractivity contribution in [3.05, 3.63) is 59.7 Å². The molecule has 2 aromatic rings. The van der Waals surface area contributed by atoms with E-state index in [9.17, 15) is 18.0 Å². The van der Waals surface area contributed by atoms with Crippen LogP contribution < -0.4 is 0 Å². The summed E-state index contributed by atoms with van der Waals surface area (Å²) in [4.78, 5) is 24.7. The Bertz CT molecular complexity index is 724. The van der Waals surface area contributed by atoms with E-state index in [0.29, 0.717) is 17.7 Å². The normalized spacial score (nSPS) is 12.6. The number of alkyl halides is 3. The van der Waals surface area contributed by atoms with E-state index in [-0.39, 0.29) is 18.9 Å². The summed E-state index contributed by atoms with van der Waals surface area (Å²) in [5.74, 6) is -0.275. The van der Waals surface area contributed by atoms with Gasteiger partial charge in [-0.1, -0.05) is 12.1 Å². The van der Waals surface area contributed by atoms with Crippen LogP contribution >= 0.6 is 0 Å². The van der Waals surface area contributed by atoms with Crippen LogP contribution in [0.2, 0.25) is 0 Å². The lowest BCUT2D eigenvalue weighted by molar-refractivity contribution is -0.170. The van der Waals surface area contributed by atoms with E-state index in [0.717, 1.165) is 17.2 Å². The van der Waals surface area contributed by atoms with Crippen LogP contribution in [0.1, 0.15) is 29.3 Å². The van der Waals surface area contributed by atoms with E-state index in [1.165, 1.54) is 38.7 Å². The van der Waals surface area contributed by atoms with Crippen molar-refractivity contribution < 1.29 is 27.5 Å². The number of halogens is 3. The molecule has 9 heteroatoms. The third kappa shape index (κ3) is 6.30. The lowest BCUT2D eigenvalue weighted by atomic mass is 10.0. The number of carbonyl (C=O) groups is 1. The standard InChI is InChI=1S/C18H20F3N3O3/c1-24(26-2)17(25)7-10-27-16(11-15-12-22-8-9-23-15)13-3-5-14(6-4-13)18(19,20)21/h3-6,8-9,12,16H,7,10-11H2,1-2H3. The van der Waals surface area contributed by atoms with E-state index < -0.39 is 17.8 Å². The number of carbonyl (C=O) groups excluding carboxylic acids is 1. The zero-order chi connectivity index (χ0) is 19.9. The van der Waals surface area contributed by atoms with E-state index in [1.54, 1.807) is 6.20 Å². The second-order valence-electron chi connectivity index (χ2n) is 5.70. The molecule has 0 aliphatic carbocycles. The molecule has 0 fully saturated rings. The van der Waals surface area contributed by atoms with Gasteiger partial charge in [0.2, 0.25) is 5.91 Å². The first-order valence-corrected chi connectivity index (χ1v) is 8.15. The lowest BCUT2D eigenvalue weighted by Crippen LogP contribution is -2.26. The Morgan fingerprint density at radius 2 is 1.93 bits per heavy atom. The Kier molecular flexibility index (Phi) is 7.26. The van der Waals surface area contributed by atoms with Crippen molar-refractivity contribution in [3.8, 4) is 0 Å². The van der Waals surface area contributed by atoms with Crippen molar-refractivity contribution in [3.63, 3.8) is 0 Å². The number of benzene rings is 1. The monoisotopic (exact) mass is 383 g/mol. The highest BCUT2D eigenvalue weighted by atomic mass is 19.4. The van der Waals surface area contributed by atoms with Crippen molar-refractivity contribution in [1.29, 1.82) is 0 Å². The first-order valence-electron chi connectivity index (χ1n) is 8.15. The fourth-order valence-electron chi connectivity index (χ4n) is 2.33. The number of amides is 1. The van der Waals surface area contributed by atoms with Crippen LogP contribution in [-0.4, -0.2) is 41.7 Å². The molecule has 1 aromatic carbocycles. The maximum Gasteiger partial charge on any atom is 0.416 e. The molecule has 0 aliphatic heterocycles. The van der Waals surface area contributed by atoms with Gasteiger partial charge in [-0.2, -0.15) is 13.2 Å². The quantitative estimate of drug-likeness (QED) is 0.655. The topological polar surface area (TPSA) is 64.5 Å². The SMILES string of the molecule is CON(C)C(=O)CCOC(Cc1cnccn1)c1ccc(C(F)(F)F)cc1. The molecule has 1 heterocycles. The van der Waals surface area contributed by atoms with Gasteiger partial charge in [-0.25, -0.2) is 5.06 Å². The Labute approximate surface area is 154 Å². The van der Waals surface area contributed by atoms with Crippen molar-refractivity contribution in [1.82, 2.24) is 15.0 Å². The van der Waals surface area contributed by atoms with Gasteiger partial charge in [0.15, 0.2) is 0 Å². The first-order chi connectivity index (χ1) is 12.8. The molecule has 0 saturated carbocycles. The highest BCUT2D eigenvalue weighted by Gasteiger charge is 2.30. The molecular formula is C18H20F3N3O3. The summed E-state index contributed by atoms with van der Waals surface area (Å²) >= 11 is 0. The maximum atomic E-state index is 12.8. The van der Waals surface area contributed by atoms with Crippen LogP contribution in [0.25, 0.3) is 0 Å². The second-order valence-corrected chi connectivity index (χ2v) is 5.70. The minimum atomic E-state index is -4.41. The lowest BCUT2D eigenvalue weighted by Gasteiger charge is -2.20. The van der Waals surface area contributed by atoms with Gasteiger partial charge in [0, 0.05) is 32.1 Å². The fraction of sp³-hybridized carbons (Fsp3) is 0.389. The maximum absolute atomic E-state index is 12.8. The van der Waals surface area contributed by atoms with E-state index in [1.807, 2.05) is 0 Å². The van der Waals surface area contributed by atoms with Crippen LogP contribution in [0.3, 0.4) is 0 Å². The van der Waals surface area contributed by atoms with E-state index in [4.69, 9.17) is 9.57 Å². The van der Waals surface area contributed by atoms with Gasteiger partial charge in [0.05, 0.1) is 37.5 Å². The summed E-state index contributed by atoms with van der Waals surface area (Å²) in [6.07, 6.45) is 0.0218. The highest BCUT2D eigenvalue weighted by molar-refractivity contribution is 5.74. The van der Waals surface area contributed by atoms with Crippen LogP contribution in [0.4, 0.5) is 13.2 Å². The van der Waals surface area contributed by atoms with Crippen molar-refractivity contribution in [2.75, 3.05) is 20.8 Å². The molecule has 146 valence electrons. The molecule has 1 atom stereocenters. The predicted molar refractivity (Wildman–Crippen MR) is 90.3 cm³/mol. The molecule has 6 nitrogen and oxygen atoms in total. The van der Waals surface area contributed by atoms with Gasteiger partial charge in [-0.3, -0.25) is 19.6 Å². The number of hydrogen-bond acceptors (Lipinski definition) is 5. The average Bonchev–Trinajstić information content (AvgIpc) is 2.66. The molecule has 0 radical (unpaired) electrons. The van der Waals surface area contributed by atoms with Crippen LogP contribution in [0.15, 0.2) is 42.9 Å². The minimum Gasteiger partial charge on any atom is -0.373 e. The molecule has 27 heavy (non-hydrogen) atoms. The first kappa shape index (κ1) is 20.8. The number of ether oxygens (including phenoxy) is 1. The average molecular weight is 383 g/mol. The van der Waals surface area contributed by atoms with Crippen molar-refractivity contribution in [2.45, 2.75) is 25.1 Å². The Hall–Kier alpha value is -2.52. The van der Waals surface area contributed by atoms with Gasteiger partial charge < -0.3 is 4.74 Å². The van der Waals surface area contributed by atoms with Crippen molar-refractivity contribution >= 4 is 5.91 Å². The molecule has 2 rings (SSSR count). The van der Waals surface area contributed by atoms with Crippen LogP contribution in [0.5, 0.6) is 0 Å². The van der Waals surface area contributed by atoms with E-state index in [2.05, 4.69) is 9.97 Å². The number of hydroxylamine groups is 2. The molecule has 1 amide bonds. The fourth-order valence-corrected chi connectivity index (χ4v) is 2.33. The van der Waals surface area contributed by atoms with Gasteiger partial charge in [-0.15, -0.1) is 0 Å². The molecule has 1 unspecified atom stereocenters. The van der Waals surface area contributed by atoms with Crippen molar-refractivity contribution in [2.24, 2.45) is 0 Å². The molecule has 0 aliphatic rings. The highest BCUT2D eigenvalue weighted by Crippen LogP contribution is 2.31. The summed E-state index contributed by atoms with van der Waals surface area (Å²) in [6.45, 7) is 0.0818. The summed E-state index contributed by atoms with van der Waals surface area (Å²) in [7, 11) is 2.85. The number of rotatable bonds is 8. The minimum absolute atomic E-state index is 0.0714. The van der Waals surface area contributed by atoms with Gasteiger partial charge in [0.1, 0.15) is 0 Å². The smallest absolute Gasteiger partial charge is 0.373 e. The number of aromatic nitrogens is 2. The third-order valence-corrected chi connectivity index (χ3v) is 3.88. The predicted octanol–water partition coefficient (Wildman–Crippen LogP) is 3.21. The van der Waals surface area contributed by atoms with Crippen LogP contribution in [0, 0.1) is 0 Å². The molecule has 0 N–H and O–H groups in total. The molecular weight excluding hydrogens is 363 g/mol. The molecule has 0 saturated heterocycles. The third-order valence-electron chi connectivity index (χ3n) is 3.88. The second kappa shape index (κ2) is 9.43. The Morgan fingerprint density at radius 3 is 2.48 bits per heavy atom. The summed E-state index contributed by atoms with van der Waals surface area (Å²) < 4.78 is 44.1. The summed E-state index contributed by atoms with van der Waals surface area (Å²) in [6, 6.07) is 4.75. The molecule has 1 aromatic heterocycles. The number of nitrogens with zero attached hydrogens (tertiary/aromatic N) is 3. The van der Waals surface area contributed by atoms with E-state index >= 15 is 0 Å². The summed E-state index contributed by atoms with van der Waals surface area (Å²) in [5, 5.41) is 1.08. The van der Waals surface area contributed by atoms with Crippen LogP contribution in [-0.2, 0) is 27.0 Å². The van der Waals surface area contributed by atoms with Gasteiger partial charge in [0.25, 0.3) is 0 Å². The van der Waals surface area contributed by atoms with Gasteiger partial charge in [-0.05, 0) is 17.7 Å². The molecule has 0 spiro atoms.